The quantitative estimate of drug-likeness (QED) is 0.889. The number of methoxy groups -OCH3 is 2. The summed E-state index contributed by atoms with van der Waals surface area (Å²) < 4.78 is 10.5. The SMILES string of the molecule is COc1ccc(CNCc2cccnc2)c(Cl)c1OC. The summed E-state index contributed by atoms with van der Waals surface area (Å²) in [4.78, 5) is 4.08. The van der Waals surface area contributed by atoms with Crippen LogP contribution in [0.3, 0.4) is 0 Å². The first-order chi connectivity index (χ1) is 9.76. The lowest BCUT2D eigenvalue weighted by Crippen LogP contribution is -2.13. The smallest absolute Gasteiger partial charge is 0.179 e. The first kappa shape index (κ1) is 14.6. The van der Waals surface area contributed by atoms with Crippen molar-refractivity contribution in [3.05, 3.63) is 52.8 Å². The van der Waals surface area contributed by atoms with Gasteiger partial charge >= 0.3 is 0 Å². The van der Waals surface area contributed by atoms with Crippen LogP contribution in [0.5, 0.6) is 11.5 Å². The third-order valence-corrected chi connectivity index (χ3v) is 3.35. The maximum Gasteiger partial charge on any atom is 0.179 e. The van der Waals surface area contributed by atoms with Crippen molar-refractivity contribution in [2.24, 2.45) is 0 Å². The monoisotopic (exact) mass is 292 g/mol. The molecule has 20 heavy (non-hydrogen) atoms. The molecular weight excluding hydrogens is 276 g/mol. The average Bonchev–Trinajstić information content (AvgIpc) is 2.49. The van der Waals surface area contributed by atoms with Gasteiger partial charge in [-0.15, -0.1) is 0 Å². The maximum absolute atomic E-state index is 6.32. The summed E-state index contributed by atoms with van der Waals surface area (Å²) in [6.07, 6.45) is 3.60. The van der Waals surface area contributed by atoms with Crippen LogP contribution in [-0.2, 0) is 13.1 Å². The molecule has 1 heterocycles. The molecule has 1 aromatic heterocycles. The number of hydrogen-bond donors (Lipinski definition) is 1. The molecule has 0 atom stereocenters. The van der Waals surface area contributed by atoms with Gasteiger partial charge in [-0.25, -0.2) is 0 Å². The van der Waals surface area contributed by atoms with Gasteiger partial charge in [-0.3, -0.25) is 4.98 Å². The van der Waals surface area contributed by atoms with Crippen LogP contribution in [0.4, 0.5) is 0 Å². The largest absolute Gasteiger partial charge is 0.493 e. The number of ether oxygens (including phenoxy) is 2. The Balaban J connectivity index is 2.03. The minimum Gasteiger partial charge on any atom is -0.493 e. The summed E-state index contributed by atoms with van der Waals surface area (Å²) in [6, 6.07) is 7.72. The van der Waals surface area contributed by atoms with Gasteiger partial charge in [0.2, 0.25) is 0 Å². The number of benzene rings is 1. The van der Waals surface area contributed by atoms with Crippen molar-refractivity contribution in [2.45, 2.75) is 13.1 Å². The van der Waals surface area contributed by atoms with Gasteiger partial charge in [-0.1, -0.05) is 23.7 Å². The Hall–Kier alpha value is -1.78. The van der Waals surface area contributed by atoms with Gasteiger partial charge in [0, 0.05) is 25.5 Å². The number of halogens is 1. The Labute approximate surface area is 123 Å². The molecular formula is C15H17ClN2O2. The van der Waals surface area contributed by atoms with Crippen LogP contribution in [0.2, 0.25) is 5.02 Å². The van der Waals surface area contributed by atoms with E-state index < -0.39 is 0 Å². The molecule has 0 fully saturated rings. The van der Waals surface area contributed by atoms with Gasteiger partial charge in [0.15, 0.2) is 11.5 Å². The molecule has 2 aromatic rings. The lowest BCUT2D eigenvalue weighted by Gasteiger charge is -2.13. The number of rotatable bonds is 6. The first-order valence-corrected chi connectivity index (χ1v) is 6.63. The summed E-state index contributed by atoms with van der Waals surface area (Å²) in [7, 11) is 3.17. The molecule has 0 spiro atoms. The predicted octanol–water partition coefficient (Wildman–Crippen LogP) is 3.04. The molecule has 0 bridgehead atoms. The third-order valence-electron chi connectivity index (χ3n) is 2.93. The minimum absolute atomic E-state index is 0.565. The molecule has 4 nitrogen and oxygen atoms in total. The summed E-state index contributed by atoms with van der Waals surface area (Å²) in [5, 5.41) is 3.90. The maximum atomic E-state index is 6.32. The van der Waals surface area contributed by atoms with Crippen LogP contribution in [-0.4, -0.2) is 19.2 Å². The summed E-state index contributed by atoms with van der Waals surface area (Å²) >= 11 is 6.32. The fraction of sp³-hybridized carbons (Fsp3) is 0.267. The number of nitrogens with one attached hydrogen (secondary N) is 1. The second-order valence-corrected chi connectivity index (χ2v) is 4.62. The number of nitrogens with zero attached hydrogens (tertiary/aromatic N) is 1. The van der Waals surface area contributed by atoms with Gasteiger partial charge in [0.05, 0.1) is 19.2 Å². The summed E-state index contributed by atoms with van der Waals surface area (Å²) in [5.41, 5.74) is 2.09. The predicted molar refractivity (Wildman–Crippen MR) is 79.3 cm³/mol. The highest BCUT2D eigenvalue weighted by Gasteiger charge is 2.12. The summed E-state index contributed by atoms with van der Waals surface area (Å²) in [6.45, 7) is 1.38. The molecule has 5 heteroatoms. The Morgan fingerprint density at radius 3 is 2.65 bits per heavy atom. The molecule has 0 unspecified atom stereocenters. The third kappa shape index (κ3) is 3.40. The van der Waals surface area contributed by atoms with Crippen molar-refractivity contribution >= 4 is 11.6 Å². The molecule has 0 aliphatic rings. The molecule has 106 valence electrons. The van der Waals surface area contributed by atoms with Crippen LogP contribution in [0.1, 0.15) is 11.1 Å². The van der Waals surface area contributed by atoms with Crippen molar-refractivity contribution in [1.29, 1.82) is 0 Å². The van der Waals surface area contributed by atoms with Gasteiger partial charge in [0.25, 0.3) is 0 Å². The fourth-order valence-corrected chi connectivity index (χ4v) is 2.21. The standard InChI is InChI=1S/C15H17ClN2O2/c1-19-13-6-5-12(14(16)15(13)20-2)10-18-9-11-4-3-7-17-8-11/h3-8,18H,9-10H2,1-2H3. The van der Waals surface area contributed by atoms with Crippen LogP contribution < -0.4 is 14.8 Å². The van der Waals surface area contributed by atoms with Crippen molar-refractivity contribution < 1.29 is 9.47 Å². The molecule has 0 saturated heterocycles. The van der Waals surface area contributed by atoms with E-state index in [0.717, 1.165) is 17.7 Å². The zero-order valence-electron chi connectivity index (χ0n) is 11.5. The summed E-state index contributed by atoms with van der Waals surface area (Å²) in [5.74, 6) is 1.20. The molecule has 0 amide bonds. The molecule has 0 aliphatic heterocycles. The highest BCUT2D eigenvalue weighted by Crippen LogP contribution is 2.37. The van der Waals surface area contributed by atoms with Crippen molar-refractivity contribution in [2.75, 3.05) is 14.2 Å². The molecule has 0 aliphatic carbocycles. The van der Waals surface area contributed by atoms with E-state index in [-0.39, 0.29) is 0 Å². The van der Waals surface area contributed by atoms with Crippen molar-refractivity contribution in [3.63, 3.8) is 0 Å². The molecule has 1 aromatic carbocycles. The van der Waals surface area contributed by atoms with E-state index >= 15 is 0 Å². The number of hydrogen-bond acceptors (Lipinski definition) is 4. The molecule has 0 saturated carbocycles. The topological polar surface area (TPSA) is 43.4 Å². The lowest BCUT2D eigenvalue weighted by molar-refractivity contribution is 0.354. The Bertz CT molecular complexity index is 561. The van der Waals surface area contributed by atoms with Crippen molar-refractivity contribution in [1.82, 2.24) is 10.3 Å². The van der Waals surface area contributed by atoms with E-state index in [4.69, 9.17) is 21.1 Å². The van der Waals surface area contributed by atoms with E-state index in [1.807, 2.05) is 30.5 Å². The Kier molecular flexibility index (Phi) is 5.21. The fourth-order valence-electron chi connectivity index (χ4n) is 1.91. The van der Waals surface area contributed by atoms with Crippen molar-refractivity contribution in [3.8, 4) is 11.5 Å². The Morgan fingerprint density at radius 1 is 1.15 bits per heavy atom. The van der Waals surface area contributed by atoms with Gasteiger partial charge < -0.3 is 14.8 Å². The van der Waals surface area contributed by atoms with Gasteiger partial charge in [-0.05, 0) is 23.3 Å². The zero-order valence-corrected chi connectivity index (χ0v) is 12.3. The van der Waals surface area contributed by atoms with Gasteiger partial charge in [0.1, 0.15) is 0 Å². The van der Waals surface area contributed by atoms with Crippen LogP contribution in [0.25, 0.3) is 0 Å². The zero-order chi connectivity index (χ0) is 14.4. The van der Waals surface area contributed by atoms with Gasteiger partial charge in [-0.2, -0.15) is 0 Å². The molecule has 2 rings (SSSR count). The molecule has 0 radical (unpaired) electrons. The normalized spacial score (nSPS) is 10.3. The van der Waals surface area contributed by atoms with E-state index in [0.29, 0.717) is 23.1 Å². The number of aromatic nitrogens is 1. The van der Waals surface area contributed by atoms with E-state index in [2.05, 4.69) is 10.3 Å². The average molecular weight is 293 g/mol. The van der Waals surface area contributed by atoms with Crippen LogP contribution in [0.15, 0.2) is 36.7 Å². The van der Waals surface area contributed by atoms with Crippen LogP contribution >= 0.6 is 11.6 Å². The van der Waals surface area contributed by atoms with E-state index in [1.54, 1.807) is 20.4 Å². The first-order valence-electron chi connectivity index (χ1n) is 6.25. The highest BCUT2D eigenvalue weighted by molar-refractivity contribution is 6.33. The lowest BCUT2D eigenvalue weighted by atomic mass is 10.2. The molecule has 1 N–H and O–H groups in total. The van der Waals surface area contributed by atoms with E-state index in [1.165, 1.54) is 0 Å². The minimum atomic E-state index is 0.565. The Morgan fingerprint density at radius 2 is 2.00 bits per heavy atom. The van der Waals surface area contributed by atoms with E-state index in [9.17, 15) is 0 Å². The number of pyridine rings is 1. The highest BCUT2D eigenvalue weighted by atomic mass is 35.5. The second-order valence-electron chi connectivity index (χ2n) is 4.24. The second kappa shape index (κ2) is 7.12. The van der Waals surface area contributed by atoms with Crippen LogP contribution in [0, 0.1) is 0 Å².